The summed E-state index contributed by atoms with van der Waals surface area (Å²) in [7, 11) is 0. The van der Waals surface area contributed by atoms with Gasteiger partial charge < -0.3 is 5.32 Å². The molecule has 3 heterocycles. The summed E-state index contributed by atoms with van der Waals surface area (Å²) in [5.41, 5.74) is 2.42. The van der Waals surface area contributed by atoms with Crippen LogP contribution in [0.5, 0.6) is 0 Å². The molecule has 3 aromatic rings. The van der Waals surface area contributed by atoms with Crippen LogP contribution in [0.4, 0.5) is 15.8 Å². The quantitative estimate of drug-likeness (QED) is 0.565. The largest absolute Gasteiger partial charge is 0.324 e. The molecule has 3 amide bonds. The van der Waals surface area contributed by atoms with Crippen molar-refractivity contribution in [1.29, 1.82) is 0 Å². The number of carbonyl (C=O) groups excluding carboxylic acids is 3. The summed E-state index contributed by atoms with van der Waals surface area (Å²) in [6.45, 7) is 0. The molecule has 0 aliphatic carbocycles. The van der Waals surface area contributed by atoms with Crippen LogP contribution in [0.2, 0.25) is 5.02 Å². The molecule has 6 rings (SSSR count). The summed E-state index contributed by atoms with van der Waals surface area (Å²) < 4.78 is 13.5. The number of hydrazone groups is 1. The van der Waals surface area contributed by atoms with Gasteiger partial charge in [0.15, 0.2) is 0 Å². The molecule has 3 aromatic carbocycles. The Morgan fingerprint density at radius 3 is 2.34 bits per heavy atom. The lowest BCUT2D eigenvalue weighted by molar-refractivity contribution is -0.129. The summed E-state index contributed by atoms with van der Waals surface area (Å²) >= 11 is 5.96. The van der Waals surface area contributed by atoms with Crippen LogP contribution in [-0.2, 0) is 14.4 Å². The number of anilines is 2. The topological polar surface area (TPSA) is 82.1 Å². The van der Waals surface area contributed by atoms with Gasteiger partial charge in [0, 0.05) is 10.7 Å². The van der Waals surface area contributed by atoms with Crippen molar-refractivity contribution in [1.82, 2.24) is 5.01 Å². The molecule has 2 saturated heterocycles. The van der Waals surface area contributed by atoms with Gasteiger partial charge in [-0.2, -0.15) is 5.10 Å². The van der Waals surface area contributed by atoms with E-state index in [0.717, 1.165) is 16.0 Å². The van der Waals surface area contributed by atoms with E-state index in [0.29, 0.717) is 10.7 Å². The maximum Gasteiger partial charge on any atom is 0.249 e. The van der Waals surface area contributed by atoms with Crippen molar-refractivity contribution in [2.45, 2.75) is 12.1 Å². The van der Waals surface area contributed by atoms with Crippen molar-refractivity contribution in [3.8, 4) is 0 Å². The number of nitrogens with one attached hydrogen (secondary N) is 1. The Labute approximate surface area is 204 Å². The Morgan fingerprint density at radius 2 is 1.60 bits per heavy atom. The first-order valence-corrected chi connectivity index (χ1v) is 11.4. The highest BCUT2D eigenvalue weighted by Gasteiger charge is 2.65. The molecule has 2 fully saturated rings. The smallest absolute Gasteiger partial charge is 0.249 e. The minimum atomic E-state index is -1.02. The zero-order valence-electron chi connectivity index (χ0n) is 18.1. The number of hydrogen-bond donors (Lipinski definition) is 1. The molecule has 4 unspecified atom stereocenters. The van der Waals surface area contributed by atoms with Gasteiger partial charge in [0.05, 0.1) is 29.8 Å². The van der Waals surface area contributed by atoms with E-state index in [1.165, 1.54) is 24.3 Å². The lowest BCUT2D eigenvalue weighted by Crippen LogP contribution is -2.46. The van der Waals surface area contributed by atoms with E-state index in [4.69, 9.17) is 11.6 Å². The first-order valence-electron chi connectivity index (χ1n) is 11.0. The predicted octanol–water partition coefficient (Wildman–Crippen LogP) is 4.00. The second-order valence-electron chi connectivity index (χ2n) is 8.68. The standard InChI is InChI=1S/C26H18ClFN4O3/c27-15-5-9-17(10-6-15)30-24(33)23-21-20(22-19-4-2-1-3-14(19)13-29-32(22)23)25(34)31(26(21)35)18-11-7-16(28)8-12-18/h1-13,20-23H,(H,30,33). The maximum atomic E-state index is 13.7. The molecule has 0 spiro atoms. The minimum Gasteiger partial charge on any atom is -0.324 e. The lowest BCUT2D eigenvalue weighted by Gasteiger charge is -2.33. The van der Waals surface area contributed by atoms with Crippen molar-refractivity contribution in [2.24, 2.45) is 16.9 Å². The van der Waals surface area contributed by atoms with E-state index in [2.05, 4.69) is 10.4 Å². The van der Waals surface area contributed by atoms with Gasteiger partial charge in [-0.15, -0.1) is 0 Å². The Bertz CT molecular complexity index is 1390. The summed E-state index contributed by atoms with van der Waals surface area (Å²) in [5.74, 6) is -3.67. The third-order valence-corrected chi connectivity index (χ3v) is 7.01. The molecule has 9 heteroatoms. The first kappa shape index (κ1) is 21.5. The molecule has 3 aliphatic rings. The van der Waals surface area contributed by atoms with Crippen molar-refractivity contribution in [2.75, 3.05) is 10.2 Å². The van der Waals surface area contributed by atoms with Gasteiger partial charge in [0.2, 0.25) is 17.7 Å². The number of rotatable bonds is 3. The van der Waals surface area contributed by atoms with E-state index in [-0.39, 0.29) is 5.69 Å². The third kappa shape index (κ3) is 3.32. The molecule has 0 aromatic heterocycles. The van der Waals surface area contributed by atoms with Crippen molar-refractivity contribution in [3.63, 3.8) is 0 Å². The zero-order valence-corrected chi connectivity index (χ0v) is 18.9. The van der Waals surface area contributed by atoms with Gasteiger partial charge in [0.1, 0.15) is 11.9 Å². The van der Waals surface area contributed by atoms with Gasteiger partial charge in [-0.05, 0) is 59.7 Å². The normalized spacial score (nSPS) is 24.3. The van der Waals surface area contributed by atoms with Crippen LogP contribution in [0.15, 0.2) is 77.9 Å². The monoisotopic (exact) mass is 488 g/mol. The number of halogens is 2. The van der Waals surface area contributed by atoms with E-state index < -0.39 is 47.5 Å². The predicted molar refractivity (Wildman–Crippen MR) is 128 cm³/mol. The molecular formula is C26H18ClFN4O3. The van der Waals surface area contributed by atoms with Crippen LogP contribution < -0.4 is 10.2 Å². The van der Waals surface area contributed by atoms with Crippen molar-refractivity contribution >= 4 is 46.9 Å². The van der Waals surface area contributed by atoms with Gasteiger partial charge in [-0.1, -0.05) is 35.9 Å². The van der Waals surface area contributed by atoms with Crippen molar-refractivity contribution < 1.29 is 18.8 Å². The van der Waals surface area contributed by atoms with Crippen LogP contribution in [-0.4, -0.2) is 35.0 Å². The summed E-state index contributed by atoms with van der Waals surface area (Å²) in [5, 5.41) is 9.43. The third-order valence-electron chi connectivity index (χ3n) is 6.76. The highest BCUT2D eigenvalue weighted by Crippen LogP contribution is 2.52. The number of imide groups is 1. The van der Waals surface area contributed by atoms with Crippen LogP contribution in [0.25, 0.3) is 0 Å². The van der Waals surface area contributed by atoms with E-state index in [1.807, 2.05) is 24.3 Å². The SMILES string of the molecule is O=C(Nc1ccc(Cl)cc1)C1C2C(=O)N(c3ccc(F)cc3)C(=O)C2C2c3ccccc3C=NN12. The van der Waals surface area contributed by atoms with Gasteiger partial charge in [-0.25, -0.2) is 9.29 Å². The van der Waals surface area contributed by atoms with Gasteiger partial charge in [-0.3, -0.25) is 19.4 Å². The first-order chi connectivity index (χ1) is 16.9. The Balaban J connectivity index is 1.43. The zero-order chi connectivity index (χ0) is 24.3. The number of carbonyl (C=O) groups is 3. The van der Waals surface area contributed by atoms with E-state index in [1.54, 1.807) is 35.5 Å². The van der Waals surface area contributed by atoms with Crippen LogP contribution >= 0.6 is 11.6 Å². The number of hydrogen-bond acceptors (Lipinski definition) is 5. The summed E-state index contributed by atoms with van der Waals surface area (Å²) in [6.07, 6.45) is 1.64. The van der Waals surface area contributed by atoms with E-state index in [9.17, 15) is 18.8 Å². The van der Waals surface area contributed by atoms with Crippen LogP contribution in [0.3, 0.4) is 0 Å². The second-order valence-corrected chi connectivity index (χ2v) is 9.12. The number of fused-ring (bicyclic) bond motifs is 5. The highest BCUT2D eigenvalue weighted by atomic mass is 35.5. The second kappa shape index (κ2) is 8.02. The van der Waals surface area contributed by atoms with Crippen LogP contribution in [0, 0.1) is 17.7 Å². The fraction of sp³-hybridized carbons (Fsp3) is 0.154. The molecular weight excluding hydrogens is 471 g/mol. The number of nitrogens with zero attached hydrogens (tertiary/aromatic N) is 3. The summed E-state index contributed by atoms with van der Waals surface area (Å²) in [4.78, 5) is 42.0. The average molecular weight is 489 g/mol. The lowest BCUT2D eigenvalue weighted by atomic mass is 9.85. The van der Waals surface area contributed by atoms with Crippen molar-refractivity contribution in [3.05, 3.63) is 94.8 Å². The summed E-state index contributed by atoms with van der Waals surface area (Å²) in [6, 6.07) is 17.6. The van der Waals surface area contributed by atoms with Crippen LogP contribution in [0.1, 0.15) is 17.2 Å². The average Bonchev–Trinajstić information content (AvgIpc) is 3.34. The molecule has 1 N–H and O–H groups in total. The molecule has 7 nitrogen and oxygen atoms in total. The van der Waals surface area contributed by atoms with E-state index >= 15 is 0 Å². The van der Waals surface area contributed by atoms with Gasteiger partial charge >= 0.3 is 0 Å². The fourth-order valence-corrected chi connectivity index (χ4v) is 5.39. The number of amides is 3. The molecule has 0 saturated carbocycles. The Hall–Kier alpha value is -4.04. The molecule has 3 aliphatic heterocycles. The molecule has 0 bridgehead atoms. The molecule has 0 radical (unpaired) electrons. The fourth-order valence-electron chi connectivity index (χ4n) is 5.26. The molecule has 4 atom stereocenters. The minimum absolute atomic E-state index is 0.270. The maximum absolute atomic E-state index is 13.7. The molecule has 174 valence electrons. The van der Waals surface area contributed by atoms with Gasteiger partial charge in [0.25, 0.3) is 0 Å². The Kier molecular flexibility index (Phi) is 4.93. The highest BCUT2D eigenvalue weighted by molar-refractivity contribution is 6.30. The number of benzene rings is 3. The Morgan fingerprint density at radius 1 is 0.914 bits per heavy atom. The molecule has 35 heavy (non-hydrogen) atoms.